The van der Waals surface area contributed by atoms with Gasteiger partial charge in [-0.05, 0) is 30.0 Å². The SMILES string of the molecule is NC(C(=O)O)C1CCc2c(F)cccc21. The molecule has 0 fully saturated rings. The quantitative estimate of drug-likeness (QED) is 0.770. The van der Waals surface area contributed by atoms with Gasteiger partial charge < -0.3 is 10.8 Å². The van der Waals surface area contributed by atoms with E-state index in [1.165, 1.54) is 6.07 Å². The van der Waals surface area contributed by atoms with Crippen LogP contribution < -0.4 is 5.73 Å². The molecular weight excluding hydrogens is 197 g/mol. The predicted molar refractivity (Wildman–Crippen MR) is 53.1 cm³/mol. The molecule has 0 heterocycles. The summed E-state index contributed by atoms with van der Waals surface area (Å²) in [5.74, 6) is -1.54. The molecular formula is C11H12FNO2. The average molecular weight is 209 g/mol. The van der Waals surface area contributed by atoms with Gasteiger partial charge in [0.25, 0.3) is 0 Å². The highest BCUT2D eigenvalue weighted by molar-refractivity contribution is 5.75. The zero-order chi connectivity index (χ0) is 11.0. The van der Waals surface area contributed by atoms with E-state index in [9.17, 15) is 9.18 Å². The molecule has 0 saturated heterocycles. The van der Waals surface area contributed by atoms with Crippen LogP contribution in [-0.2, 0) is 11.2 Å². The summed E-state index contributed by atoms with van der Waals surface area (Å²) in [6.45, 7) is 0. The van der Waals surface area contributed by atoms with Gasteiger partial charge in [0, 0.05) is 5.92 Å². The van der Waals surface area contributed by atoms with Crippen molar-refractivity contribution in [3.05, 3.63) is 35.1 Å². The van der Waals surface area contributed by atoms with Crippen LogP contribution in [0.1, 0.15) is 23.5 Å². The van der Waals surface area contributed by atoms with Gasteiger partial charge in [-0.25, -0.2) is 4.39 Å². The topological polar surface area (TPSA) is 63.3 Å². The molecule has 2 rings (SSSR count). The fourth-order valence-corrected chi connectivity index (χ4v) is 2.19. The first-order valence-electron chi connectivity index (χ1n) is 4.87. The Bertz CT molecular complexity index is 406. The van der Waals surface area contributed by atoms with E-state index >= 15 is 0 Å². The van der Waals surface area contributed by atoms with Gasteiger partial charge >= 0.3 is 5.97 Å². The second-order valence-electron chi connectivity index (χ2n) is 3.82. The predicted octanol–water partition coefficient (Wildman–Crippen LogP) is 1.27. The molecule has 0 spiro atoms. The van der Waals surface area contributed by atoms with Crippen molar-refractivity contribution in [2.75, 3.05) is 0 Å². The second-order valence-corrected chi connectivity index (χ2v) is 3.82. The van der Waals surface area contributed by atoms with Gasteiger partial charge in [-0.15, -0.1) is 0 Å². The van der Waals surface area contributed by atoms with Crippen molar-refractivity contribution >= 4 is 5.97 Å². The number of carboxylic acids is 1. The molecule has 3 N–H and O–H groups in total. The highest BCUT2D eigenvalue weighted by Gasteiger charge is 2.32. The number of benzene rings is 1. The minimum absolute atomic E-state index is 0.256. The summed E-state index contributed by atoms with van der Waals surface area (Å²) in [5.41, 5.74) is 6.94. The molecule has 1 aromatic carbocycles. The summed E-state index contributed by atoms with van der Waals surface area (Å²) in [4.78, 5) is 10.8. The third kappa shape index (κ3) is 1.61. The van der Waals surface area contributed by atoms with Crippen molar-refractivity contribution in [2.45, 2.75) is 24.8 Å². The number of halogens is 1. The summed E-state index contributed by atoms with van der Waals surface area (Å²) in [7, 11) is 0. The zero-order valence-corrected chi connectivity index (χ0v) is 8.11. The van der Waals surface area contributed by atoms with Crippen LogP contribution in [0.15, 0.2) is 18.2 Å². The molecule has 0 radical (unpaired) electrons. The lowest BCUT2D eigenvalue weighted by Gasteiger charge is -2.15. The molecule has 0 bridgehead atoms. The van der Waals surface area contributed by atoms with Gasteiger partial charge in [-0.2, -0.15) is 0 Å². The summed E-state index contributed by atoms with van der Waals surface area (Å²) < 4.78 is 13.3. The number of hydrogen-bond donors (Lipinski definition) is 2. The average Bonchev–Trinajstić information content (AvgIpc) is 2.61. The maximum atomic E-state index is 13.3. The maximum Gasteiger partial charge on any atom is 0.321 e. The maximum absolute atomic E-state index is 13.3. The van der Waals surface area contributed by atoms with Crippen molar-refractivity contribution in [3.8, 4) is 0 Å². The monoisotopic (exact) mass is 209 g/mol. The Kier molecular flexibility index (Phi) is 2.44. The Morgan fingerprint density at radius 2 is 2.33 bits per heavy atom. The van der Waals surface area contributed by atoms with Crippen molar-refractivity contribution in [3.63, 3.8) is 0 Å². The molecule has 80 valence electrons. The van der Waals surface area contributed by atoms with Crippen molar-refractivity contribution in [1.82, 2.24) is 0 Å². The lowest BCUT2D eigenvalue weighted by molar-refractivity contribution is -0.139. The Labute approximate surface area is 86.7 Å². The molecule has 1 aromatic rings. The number of carboxylic acid groups (broad SMARTS) is 1. The molecule has 4 heteroatoms. The fraction of sp³-hybridized carbons (Fsp3) is 0.364. The Balaban J connectivity index is 2.37. The smallest absolute Gasteiger partial charge is 0.321 e. The summed E-state index contributed by atoms with van der Waals surface area (Å²) in [6.07, 6.45) is 1.19. The van der Waals surface area contributed by atoms with Crippen molar-refractivity contribution < 1.29 is 14.3 Å². The first-order valence-corrected chi connectivity index (χ1v) is 4.87. The molecule has 1 aliphatic carbocycles. The van der Waals surface area contributed by atoms with Crippen LogP contribution in [0.3, 0.4) is 0 Å². The largest absolute Gasteiger partial charge is 0.480 e. The number of fused-ring (bicyclic) bond motifs is 1. The molecule has 3 nitrogen and oxygen atoms in total. The van der Waals surface area contributed by atoms with Gasteiger partial charge in [0.05, 0.1) is 0 Å². The Morgan fingerprint density at radius 1 is 1.60 bits per heavy atom. The molecule has 0 amide bonds. The van der Waals surface area contributed by atoms with Crippen LogP contribution in [0, 0.1) is 5.82 Å². The van der Waals surface area contributed by atoms with E-state index in [1.54, 1.807) is 12.1 Å². The van der Waals surface area contributed by atoms with Crippen molar-refractivity contribution in [1.29, 1.82) is 0 Å². The van der Waals surface area contributed by atoms with Crippen LogP contribution in [0.5, 0.6) is 0 Å². The lowest BCUT2D eigenvalue weighted by Crippen LogP contribution is -2.35. The Hall–Kier alpha value is -1.42. The van der Waals surface area contributed by atoms with Crippen LogP contribution in [-0.4, -0.2) is 17.1 Å². The summed E-state index contributed by atoms with van der Waals surface area (Å²) >= 11 is 0. The van der Waals surface area contributed by atoms with E-state index in [0.29, 0.717) is 18.4 Å². The van der Waals surface area contributed by atoms with Gasteiger partial charge in [-0.1, -0.05) is 12.1 Å². The first-order chi connectivity index (χ1) is 7.11. The van der Waals surface area contributed by atoms with E-state index in [2.05, 4.69) is 0 Å². The van der Waals surface area contributed by atoms with Crippen LogP contribution in [0.25, 0.3) is 0 Å². The van der Waals surface area contributed by atoms with Crippen LogP contribution >= 0.6 is 0 Å². The molecule has 0 aliphatic heterocycles. The third-order valence-corrected chi connectivity index (χ3v) is 2.98. The third-order valence-electron chi connectivity index (χ3n) is 2.98. The normalized spacial score (nSPS) is 21.1. The Morgan fingerprint density at radius 3 is 3.00 bits per heavy atom. The van der Waals surface area contributed by atoms with E-state index in [1.807, 2.05) is 0 Å². The molecule has 15 heavy (non-hydrogen) atoms. The number of aliphatic carboxylic acids is 1. The number of nitrogens with two attached hydrogens (primary N) is 1. The van der Waals surface area contributed by atoms with Crippen LogP contribution in [0.4, 0.5) is 4.39 Å². The minimum Gasteiger partial charge on any atom is -0.480 e. The lowest BCUT2D eigenvalue weighted by atomic mass is 9.94. The number of carbonyl (C=O) groups is 1. The van der Waals surface area contributed by atoms with Crippen molar-refractivity contribution in [2.24, 2.45) is 5.73 Å². The van der Waals surface area contributed by atoms with Gasteiger partial charge in [0.15, 0.2) is 0 Å². The van der Waals surface area contributed by atoms with Gasteiger partial charge in [-0.3, -0.25) is 4.79 Å². The second kappa shape index (κ2) is 3.62. The molecule has 2 unspecified atom stereocenters. The minimum atomic E-state index is -1.03. The molecule has 2 atom stereocenters. The number of rotatable bonds is 2. The van der Waals surface area contributed by atoms with E-state index in [-0.39, 0.29) is 11.7 Å². The molecule has 0 aromatic heterocycles. The number of hydrogen-bond acceptors (Lipinski definition) is 2. The zero-order valence-electron chi connectivity index (χ0n) is 8.11. The summed E-state index contributed by atoms with van der Waals surface area (Å²) in [5, 5.41) is 8.82. The first kappa shape index (κ1) is 10.1. The highest BCUT2D eigenvalue weighted by Crippen LogP contribution is 2.36. The van der Waals surface area contributed by atoms with E-state index < -0.39 is 12.0 Å². The van der Waals surface area contributed by atoms with E-state index in [4.69, 9.17) is 10.8 Å². The highest BCUT2D eigenvalue weighted by atomic mass is 19.1. The van der Waals surface area contributed by atoms with Gasteiger partial charge in [0.2, 0.25) is 0 Å². The summed E-state index contributed by atoms with van der Waals surface area (Å²) in [6, 6.07) is 3.82. The van der Waals surface area contributed by atoms with Crippen LogP contribution in [0.2, 0.25) is 0 Å². The fourth-order valence-electron chi connectivity index (χ4n) is 2.19. The molecule has 1 aliphatic rings. The molecule has 0 saturated carbocycles. The van der Waals surface area contributed by atoms with Gasteiger partial charge in [0.1, 0.15) is 11.9 Å². The van der Waals surface area contributed by atoms with E-state index in [0.717, 1.165) is 5.56 Å². The standard InChI is InChI=1S/C11H12FNO2/c12-9-3-1-2-6-7(9)4-5-8(6)10(13)11(14)15/h1-3,8,10H,4-5,13H2,(H,14,15).